The smallest absolute Gasteiger partial charge is 0.249 e. The minimum Gasteiger partial charge on any atom is -0.364 e. The molecule has 1 fully saturated rings. The maximum atomic E-state index is 12.0. The highest BCUT2D eigenvalue weighted by Crippen LogP contribution is 2.19. The lowest BCUT2D eigenvalue weighted by molar-refractivity contribution is -0.131. The zero-order valence-corrected chi connectivity index (χ0v) is 13.7. The molecule has 2 rings (SSSR count). The van der Waals surface area contributed by atoms with Gasteiger partial charge in [-0.05, 0) is 38.7 Å². The number of hydrogen-bond donors (Lipinski definition) is 2. The first-order chi connectivity index (χ1) is 9.52. The second-order valence-electron chi connectivity index (χ2n) is 5.37. The molecule has 1 saturated heterocycles. The summed E-state index contributed by atoms with van der Waals surface area (Å²) in [4.78, 5) is 12.0. The summed E-state index contributed by atoms with van der Waals surface area (Å²) in [5.41, 5.74) is 8.93. The molecule has 6 nitrogen and oxygen atoms in total. The van der Waals surface area contributed by atoms with Crippen molar-refractivity contribution in [2.24, 2.45) is 12.8 Å². The number of carbonyl (C=O) groups excluding carboxylic acids is 1. The van der Waals surface area contributed by atoms with E-state index in [0.717, 1.165) is 30.7 Å². The van der Waals surface area contributed by atoms with E-state index in [0.29, 0.717) is 13.1 Å². The van der Waals surface area contributed by atoms with Gasteiger partial charge in [0.25, 0.3) is 0 Å². The molecule has 1 amide bonds. The predicted molar refractivity (Wildman–Crippen MR) is 83.6 cm³/mol. The van der Waals surface area contributed by atoms with Crippen LogP contribution in [0.2, 0.25) is 0 Å². The number of nitrogens with two attached hydrogens (primary N) is 1. The van der Waals surface area contributed by atoms with Gasteiger partial charge in [-0.1, -0.05) is 0 Å². The Morgan fingerprint density at radius 2 is 2.19 bits per heavy atom. The van der Waals surface area contributed by atoms with Crippen LogP contribution in [0.15, 0.2) is 0 Å². The molecule has 0 radical (unpaired) electrons. The van der Waals surface area contributed by atoms with Gasteiger partial charge >= 0.3 is 0 Å². The highest BCUT2D eigenvalue weighted by atomic mass is 35.5. The molecule has 7 heteroatoms. The van der Waals surface area contributed by atoms with Crippen molar-refractivity contribution >= 4 is 18.3 Å². The normalized spacial score (nSPS) is 21.1. The summed E-state index contributed by atoms with van der Waals surface area (Å²) in [5.74, 6) is -0.0276. The van der Waals surface area contributed by atoms with E-state index in [1.807, 2.05) is 25.6 Å². The maximum Gasteiger partial charge on any atom is 0.249 e. The second kappa shape index (κ2) is 7.77. The average Bonchev–Trinajstić information content (AvgIpc) is 2.99. The van der Waals surface area contributed by atoms with Crippen molar-refractivity contribution in [2.75, 3.05) is 13.1 Å². The SMILES string of the molecule is Cc1nn(C)c(C)c1CCNC(=O)[C@@H]1CC[C@H](CN)O1.Cl. The Kier molecular flexibility index (Phi) is 6.64. The molecular formula is C14H25ClN4O2. The third-order valence-electron chi connectivity index (χ3n) is 4.00. The third kappa shape index (κ3) is 4.18. The first-order valence-corrected chi connectivity index (χ1v) is 7.15. The van der Waals surface area contributed by atoms with Crippen molar-refractivity contribution < 1.29 is 9.53 Å². The zero-order valence-electron chi connectivity index (χ0n) is 12.9. The van der Waals surface area contributed by atoms with Crippen molar-refractivity contribution in [3.8, 4) is 0 Å². The van der Waals surface area contributed by atoms with E-state index in [4.69, 9.17) is 10.5 Å². The average molecular weight is 317 g/mol. The lowest BCUT2D eigenvalue weighted by Gasteiger charge is -2.12. The molecule has 1 aliphatic heterocycles. The molecule has 1 aromatic rings. The van der Waals surface area contributed by atoms with Gasteiger partial charge in [-0.15, -0.1) is 12.4 Å². The van der Waals surface area contributed by atoms with E-state index < -0.39 is 0 Å². The minimum absolute atomic E-state index is 0. The van der Waals surface area contributed by atoms with E-state index in [1.165, 1.54) is 5.56 Å². The summed E-state index contributed by atoms with van der Waals surface area (Å²) in [6.07, 6.45) is 2.13. The molecule has 3 N–H and O–H groups in total. The number of carbonyl (C=O) groups is 1. The van der Waals surface area contributed by atoms with Gasteiger partial charge in [-0.2, -0.15) is 5.10 Å². The fourth-order valence-electron chi connectivity index (χ4n) is 2.68. The van der Waals surface area contributed by atoms with Crippen LogP contribution in [-0.4, -0.2) is 41.0 Å². The van der Waals surface area contributed by atoms with Crippen LogP contribution in [-0.2, 0) is 23.0 Å². The van der Waals surface area contributed by atoms with E-state index >= 15 is 0 Å². The number of halogens is 1. The van der Waals surface area contributed by atoms with Gasteiger partial charge in [0.15, 0.2) is 0 Å². The number of nitrogens with zero attached hydrogens (tertiary/aromatic N) is 2. The number of ether oxygens (including phenoxy) is 1. The molecule has 1 aliphatic rings. The maximum absolute atomic E-state index is 12.0. The number of nitrogens with one attached hydrogen (secondary N) is 1. The monoisotopic (exact) mass is 316 g/mol. The lowest BCUT2D eigenvalue weighted by atomic mass is 10.1. The highest BCUT2D eigenvalue weighted by Gasteiger charge is 2.29. The van der Waals surface area contributed by atoms with Crippen LogP contribution >= 0.6 is 12.4 Å². The molecule has 2 heterocycles. The largest absolute Gasteiger partial charge is 0.364 e. The van der Waals surface area contributed by atoms with Crippen LogP contribution in [0.5, 0.6) is 0 Å². The minimum atomic E-state index is -0.334. The van der Waals surface area contributed by atoms with E-state index in [-0.39, 0.29) is 30.5 Å². The Hall–Kier alpha value is -1.11. The van der Waals surface area contributed by atoms with Crippen LogP contribution < -0.4 is 11.1 Å². The lowest BCUT2D eigenvalue weighted by Crippen LogP contribution is -2.36. The van der Waals surface area contributed by atoms with Gasteiger partial charge in [0, 0.05) is 25.8 Å². The Morgan fingerprint density at radius 1 is 1.48 bits per heavy atom. The molecule has 0 bridgehead atoms. The molecule has 0 unspecified atom stereocenters. The van der Waals surface area contributed by atoms with Crippen molar-refractivity contribution in [2.45, 2.75) is 45.3 Å². The van der Waals surface area contributed by atoms with Crippen LogP contribution in [0.25, 0.3) is 0 Å². The van der Waals surface area contributed by atoms with Gasteiger partial charge in [0.05, 0.1) is 11.8 Å². The van der Waals surface area contributed by atoms with E-state index in [2.05, 4.69) is 10.4 Å². The summed E-state index contributed by atoms with van der Waals surface area (Å²) < 4.78 is 7.45. The van der Waals surface area contributed by atoms with Gasteiger partial charge in [0.2, 0.25) is 5.91 Å². The molecule has 1 aromatic heterocycles. The zero-order chi connectivity index (χ0) is 14.7. The summed E-state index contributed by atoms with van der Waals surface area (Å²) in [5, 5.41) is 7.31. The number of aromatic nitrogens is 2. The number of amides is 1. The standard InChI is InChI=1S/C14H24N4O2.ClH/c1-9-12(10(2)18(3)17-9)6-7-16-14(19)13-5-4-11(8-15)20-13;/h11,13H,4-8,15H2,1-3H3,(H,16,19);1H/t11-,13+;/m1./s1. The molecule has 2 atom stereocenters. The van der Waals surface area contributed by atoms with Crippen molar-refractivity contribution in [3.63, 3.8) is 0 Å². The van der Waals surface area contributed by atoms with Gasteiger partial charge < -0.3 is 15.8 Å². The van der Waals surface area contributed by atoms with Gasteiger partial charge in [0.1, 0.15) is 6.10 Å². The molecule has 0 aromatic carbocycles. The Labute approximate surface area is 131 Å². The Bertz CT molecular complexity index is 490. The van der Waals surface area contributed by atoms with Crippen molar-refractivity contribution in [1.82, 2.24) is 15.1 Å². The summed E-state index contributed by atoms with van der Waals surface area (Å²) in [7, 11) is 1.93. The fraction of sp³-hybridized carbons (Fsp3) is 0.714. The van der Waals surface area contributed by atoms with E-state index in [1.54, 1.807) is 0 Å². The van der Waals surface area contributed by atoms with Crippen LogP contribution in [0.1, 0.15) is 29.8 Å². The van der Waals surface area contributed by atoms with Gasteiger partial charge in [-0.3, -0.25) is 9.48 Å². The van der Waals surface area contributed by atoms with E-state index in [9.17, 15) is 4.79 Å². The Morgan fingerprint density at radius 3 is 2.71 bits per heavy atom. The first kappa shape index (κ1) is 17.9. The number of hydrogen-bond acceptors (Lipinski definition) is 4. The predicted octanol–water partition coefficient (Wildman–Crippen LogP) is 0.624. The topological polar surface area (TPSA) is 82.2 Å². The van der Waals surface area contributed by atoms with Crippen LogP contribution in [0, 0.1) is 13.8 Å². The summed E-state index contributed by atoms with van der Waals surface area (Å²) in [6.45, 7) is 5.14. The molecule has 0 aliphatic carbocycles. The van der Waals surface area contributed by atoms with Crippen molar-refractivity contribution in [3.05, 3.63) is 17.0 Å². The number of aryl methyl sites for hydroxylation is 2. The summed E-state index contributed by atoms with van der Waals surface area (Å²) >= 11 is 0. The molecule has 21 heavy (non-hydrogen) atoms. The number of rotatable bonds is 5. The molecule has 120 valence electrons. The molecule has 0 saturated carbocycles. The van der Waals surface area contributed by atoms with Crippen molar-refractivity contribution in [1.29, 1.82) is 0 Å². The fourth-order valence-corrected chi connectivity index (χ4v) is 2.68. The third-order valence-corrected chi connectivity index (χ3v) is 4.00. The second-order valence-corrected chi connectivity index (χ2v) is 5.37. The quantitative estimate of drug-likeness (QED) is 0.834. The van der Waals surface area contributed by atoms with Crippen LogP contribution in [0.3, 0.4) is 0 Å². The first-order valence-electron chi connectivity index (χ1n) is 7.15. The Balaban J connectivity index is 0.00000220. The summed E-state index contributed by atoms with van der Waals surface area (Å²) in [6, 6.07) is 0. The molecule has 0 spiro atoms. The molecular weight excluding hydrogens is 292 g/mol. The highest BCUT2D eigenvalue weighted by molar-refractivity contribution is 5.85. The van der Waals surface area contributed by atoms with Crippen LogP contribution in [0.4, 0.5) is 0 Å². The van der Waals surface area contributed by atoms with Gasteiger partial charge in [-0.25, -0.2) is 0 Å².